The first-order valence-corrected chi connectivity index (χ1v) is 5.25. The third kappa shape index (κ3) is 2.45. The van der Waals surface area contributed by atoms with E-state index < -0.39 is 21.0 Å². The summed E-state index contributed by atoms with van der Waals surface area (Å²) in [7, 11) is -3.21. The zero-order valence-corrected chi connectivity index (χ0v) is 8.61. The second-order valence-corrected chi connectivity index (χ2v) is 4.14. The second kappa shape index (κ2) is 3.87. The first-order valence-electron chi connectivity index (χ1n) is 3.81. The molecule has 0 unspecified atom stereocenters. The number of carbonyl (C=O) groups excluding carboxylic acids is 1. The number of anilines is 1. The first kappa shape index (κ1) is 11.5. The number of methoxy groups -OCH3 is 1. The lowest BCUT2D eigenvalue weighted by atomic mass is 10.2. The van der Waals surface area contributed by atoms with Crippen LogP contribution in [0, 0.1) is 0 Å². The summed E-state index contributed by atoms with van der Waals surface area (Å²) in [5.74, 6) is -0.766. The van der Waals surface area contributed by atoms with Crippen LogP contribution in [0.4, 0.5) is 5.69 Å². The molecule has 7 heteroatoms. The van der Waals surface area contributed by atoms with Gasteiger partial charge >= 0.3 is 5.97 Å². The van der Waals surface area contributed by atoms with Crippen molar-refractivity contribution in [3.8, 4) is 0 Å². The molecule has 6 nitrogen and oxygen atoms in total. The Kier molecular flexibility index (Phi) is 2.96. The molecule has 0 aromatic heterocycles. The molecule has 3 N–H and O–H groups in total. The van der Waals surface area contributed by atoms with E-state index in [0.717, 1.165) is 19.2 Å². The van der Waals surface area contributed by atoms with Crippen molar-refractivity contribution in [1.82, 2.24) is 0 Å². The average Bonchev–Trinajstić information content (AvgIpc) is 2.15. The Hall–Kier alpha value is -1.60. The van der Waals surface area contributed by atoms with Gasteiger partial charge in [0.25, 0.3) is 10.1 Å². The summed E-state index contributed by atoms with van der Waals surface area (Å²) in [5.41, 5.74) is 5.41. The molecule has 0 bridgehead atoms. The maximum absolute atomic E-state index is 11.1. The van der Waals surface area contributed by atoms with E-state index in [4.69, 9.17) is 10.3 Å². The maximum atomic E-state index is 11.1. The van der Waals surface area contributed by atoms with Crippen LogP contribution in [0.1, 0.15) is 10.4 Å². The minimum Gasteiger partial charge on any atom is -0.465 e. The van der Waals surface area contributed by atoms with Gasteiger partial charge < -0.3 is 10.5 Å². The SMILES string of the molecule is COC(=O)c1cc(S(=O)(=O)O)ccc1N. The number of esters is 1. The van der Waals surface area contributed by atoms with Crippen LogP contribution < -0.4 is 5.73 Å². The van der Waals surface area contributed by atoms with E-state index >= 15 is 0 Å². The van der Waals surface area contributed by atoms with Gasteiger partial charge in [0.1, 0.15) is 0 Å². The molecule has 0 heterocycles. The fourth-order valence-corrected chi connectivity index (χ4v) is 1.49. The fourth-order valence-electron chi connectivity index (χ4n) is 0.983. The van der Waals surface area contributed by atoms with Crippen molar-refractivity contribution in [1.29, 1.82) is 0 Å². The summed E-state index contributed by atoms with van der Waals surface area (Å²) in [6.07, 6.45) is 0. The van der Waals surface area contributed by atoms with E-state index in [2.05, 4.69) is 4.74 Å². The van der Waals surface area contributed by atoms with Gasteiger partial charge in [-0.1, -0.05) is 0 Å². The molecule has 0 aliphatic heterocycles. The summed E-state index contributed by atoms with van der Waals surface area (Å²) in [6, 6.07) is 3.25. The lowest BCUT2D eigenvalue weighted by molar-refractivity contribution is 0.0601. The molecular formula is C8H9NO5S. The molecule has 0 fully saturated rings. The van der Waals surface area contributed by atoms with Crippen molar-refractivity contribution in [3.05, 3.63) is 23.8 Å². The van der Waals surface area contributed by atoms with Gasteiger partial charge in [0.05, 0.1) is 17.6 Å². The minimum atomic E-state index is -4.35. The largest absolute Gasteiger partial charge is 0.465 e. The van der Waals surface area contributed by atoms with Crippen LogP contribution in [0.5, 0.6) is 0 Å². The van der Waals surface area contributed by atoms with Gasteiger partial charge in [-0.05, 0) is 18.2 Å². The molecule has 0 aliphatic carbocycles. The van der Waals surface area contributed by atoms with Gasteiger partial charge in [-0.2, -0.15) is 8.42 Å². The molecule has 0 saturated carbocycles. The van der Waals surface area contributed by atoms with Crippen molar-refractivity contribution in [2.75, 3.05) is 12.8 Å². The molecule has 0 aliphatic rings. The van der Waals surface area contributed by atoms with E-state index in [-0.39, 0.29) is 11.3 Å². The van der Waals surface area contributed by atoms with Crippen LogP contribution in [0.3, 0.4) is 0 Å². The predicted molar refractivity (Wildman–Crippen MR) is 52.0 cm³/mol. The van der Waals surface area contributed by atoms with E-state index in [9.17, 15) is 13.2 Å². The van der Waals surface area contributed by atoms with Crippen LogP contribution in [-0.4, -0.2) is 26.0 Å². The summed E-state index contributed by atoms with van der Waals surface area (Å²) in [5, 5.41) is 0. The Labute approximate surface area is 86.4 Å². The standard InChI is InChI=1S/C8H9NO5S/c1-14-8(10)6-4-5(15(11,12)13)2-3-7(6)9/h2-4H,9H2,1H3,(H,11,12,13). The van der Waals surface area contributed by atoms with Crippen molar-refractivity contribution in [2.45, 2.75) is 4.90 Å². The van der Waals surface area contributed by atoms with Crippen LogP contribution in [0.2, 0.25) is 0 Å². The Balaban J connectivity index is 3.36. The quantitative estimate of drug-likeness (QED) is 0.430. The topological polar surface area (TPSA) is 107 Å². The van der Waals surface area contributed by atoms with Crippen LogP contribution in [0.25, 0.3) is 0 Å². The normalized spacial score (nSPS) is 11.1. The Bertz CT molecular complexity index is 494. The smallest absolute Gasteiger partial charge is 0.339 e. The van der Waals surface area contributed by atoms with Crippen molar-refractivity contribution in [3.63, 3.8) is 0 Å². The van der Waals surface area contributed by atoms with Gasteiger partial charge in [0, 0.05) is 5.69 Å². The van der Waals surface area contributed by atoms with Gasteiger partial charge in [-0.15, -0.1) is 0 Å². The monoisotopic (exact) mass is 231 g/mol. The van der Waals surface area contributed by atoms with E-state index in [0.29, 0.717) is 0 Å². The zero-order valence-electron chi connectivity index (χ0n) is 7.80. The van der Waals surface area contributed by atoms with Gasteiger partial charge in [-0.25, -0.2) is 4.79 Å². The number of ether oxygens (including phenoxy) is 1. The van der Waals surface area contributed by atoms with E-state index in [1.807, 2.05) is 0 Å². The molecule has 1 rings (SSSR count). The van der Waals surface area contributed by atoms with E-state index in [1.165, 1.54) is 6.07 Å². The second-order valence-electron chi connectivity index (χ2n) is 2.72. The summed E-state index contributed by atoms with van der Waals surface area (Å²) >= 11 is 0. The highest BCUT2D eigenvalue weighted by atomic mass is 32.2. The summed E-state index contributed by atoms with van der Waals surface area (Å²) in [4.78, 5) is 10.7. The van der Waals surface area contributed by atoms with Gasteiger partial charge in [0.15, 0.2) is 0 Å². The highest BCUT2D eigenvalue weighted by Crippen LogP contribution is 2.18. The molecule has 0 saturated heterocycles. The molecule has 0 radical (unpaired) electrons. The number of rotatable bonds is 2. The molecule has 0 amide bonds. The summed E-state index contributed by atoms with van der Waals surface area (Å²) in [6.45, 7) is 0. The molecule has 0 atom stereocenters. The maximum Gasteiger partial charge on any atom is 0.339 e. The van der Waals surface area contributed by atoms with E-state index in [1.54, 1.807) is 0 Å². The van der Waals surface area contributed by atoms with Gasteiger partial charge in [0.2, 0.25) is 0 Å². The number of nitrogens with two attached hydrogens (primary N) is 1. The third-order valence-electron chi connectivity index (χ3n) is 1.73. The first-order chi connectivity index (χ1) is 6.86. The van der Waals surface area contributed by atoms with Crippen molar-refractivity contribution in [2.24, 2.45) is 0 Å². The fraction of sp³-hybridized carbons (Fsp3) is 0.125. The number of benzene rings is 1. The Morgan fingerprint density at radius 2 is 2.07 bits per heavy atom. The number of nitrogen functional groups attached to an aromatic ring is 1. The van der Waals surface area contributed by atoms with Crippen molar-refractivity contribution < 1.29 is 22.5 Å². The molecule has 82 valence electrons. The van der Waals surface area contributed by atoms with Crippen LogP contribution in [0.15, 0.2) is 23.1 Å². The van der Waals surface area contributed by atoms with Gasteiger partial charge in [-0.3, -0.25) is 4.55 Å². The lowest BCUT2D eigenvalue weighted by Gasteiger charge is -2.04. The highest BCUT2D eigenvalue weighted by molar-refractivity contribution is 7.85. The minimum absolute atomic E-state index is 0.0780. The number of hydrogen-bond acceptors (Lipinski definition) is 5. The zero-order chi connectivity index (χ0) is 11.6. The lowest BCUT2D eigenvalue weighted by Crippen LogP contribution is -2.08. The average molecular weight is 231 g/mol. The molecule has 1 aromatic carbocycles. The molecule has 15 heavy (non-hydrogen) atoms. The van der Waals surface area contributed by atoms with Crippen LogP contribution >= 0.6 is 0 Å². The molecular weight excluding hydrogens is 222 g/mol. The predicted octanol–water partition coefficient (Wildman–Crippen LogP) is 0.302. The Morgan fingerprint density at radius 1 is 1.47 bits per heavy atom. The Morgan fingerprint density at radius 3 is 2.53 bits per heavy atom. The van der Waals surface area contributed by atoms with Crippen molar-refractivity contribution >= 4 is 21.8 Å². The highest BCUT2D eigenvalue weighted by Gasteiger charge is 2.16. The summed E-state index contributed by atoms with van der Waals surface area (Å²) < 4.78 is 34.7. The third-order valence-corrected chi connectivity index (χ3v) is 2.58. The van der Waals surface area contributed by atoms with Crippen LogP contribution in [-0.2, 0) is 14.9 Å². The molecule has 0 spiro atoms. The number of hydrogen-bond donors (Lipinski definition) is 2. The number of carbonyl (C=O) groups is 1. The molecule has 1 aromatic rings.